The lowest BCUT2D eigenvalue weighted by Gasteiger charge is -2.39. The Morgan fingerprint density at radius 2 is 2.15 bits per heavy atom. The highest BCUT2D eigenvalue weighted by Gasteiger charge is 2.37. The molecule has 3 rings (SSSR count). The molecule has 0 radical (unpaired) electrons. The first-order valence-corrected chi connectivity index (χ1v) is 6.45. The van der Waals surface area contributed by atoms with Crippen molar-refractivity contribution >= 4 is 22.9 Å². The number of amides is 1. The van der Waals surface area contributed by atoms with Crippen molar-refractivity contribution in [1.29, 1.82) is 5.41 Å². The molecular formula is C14H17N5O. The molecule has 0 spiro atoms. The predicted molar refractivity (Wildman–Crippen MR) is 76.3 cm³/mol. The summed E-state index contributed by atoms with van der Waals surface area (Å²) in [5.74, 6) is 0.0715. The van der Waals surface area contributed by atoms with E-state index in [4.69, 9.17) is 5.41 Å². The second-order valence-electron chi connectivity index (χ2n) is 5.49. The summed E-state index contributed by atoms with van der Waals surface area (Å²) in [6.07, 6.45) is 2.09. The lowest BCUT2D eigenvalue weighted by molar-refractivity contribution is -0.129. The Morgan fingerprint density at radius 3 is 2.85 bits per heavy atom. The van der Waals surface area contributed by atoms with Crippen LogP contribution in [-0.2, 0) is 17.4 Å². The molecule has 2 N–H and O–H groups in total. The number of guanidine groups is 1. The summed E-state index contributed by atoms with van der Waals surface area (Å²) >= 11 is 0. The molecule has 1 aliphatic heterocycles. The Morgan fingerprint density at radius 1 is 1.40 bits per heavy atom. The SMILES string of the molecule is CN1C(=N)NC(C)(c2ccc3c(c2)ncn3C)CC1=O. The van der Waals surface area contributed by atoms with Crippen LogP contribution < -0.4 is 5.32 Å². The van der Waals surface area contributed by atoms with E-state index in [1.807, 2.05) is 36.7 Å². The van der Waals surface area contributed by atoms with Crippen molar-refractivity contribution in [2.24, 2.45) is 7.05 Å². The van der Waals surface area contributed by atoms with Gasteiger partial charge in [-0.1, -0.05) is 6.07 Å². The van der Waals surface area contributed by atoms with E-state index in [0.717, 1.165) is 16.6 Å². The molecule has 6 heteroatoms. The molecule has 1 aromatic carbocycles. The summed E-state index contributed by atoms with van der Waals surface area (Å²) in [6, 6.07) is 5.97. The Labute approximate surface area is 116 Å². The molecule has 1 atom stereocenters. The average Bonchev–Trinajstić information content (AvgIpc) is 2.77. The molecular weight excluding hydrogens is 254 g/mol. The second kappa shape index (κ2) is 4.06. The summed E-state index contributed by atoms with van der Waals surface area (Å²) in [7, 11) is 3.56. The monoisotopic (exact) mass is 271 g/mol. The number of hydrogen-bond donors (Lipinski definition) is 2. The van der Waals surface area contributed by atoms with E-state index in [-0.39, 0.29) is 11.9 Å². The van der Waals surface area contributed by atoms with Crippen LogP contribution in [0.2, 0.25) is 0 Å². The Kier molecular flexibility index (Phi) is 2.57. The van der Waals surface area contributed by atoms with Crippen molar-refractivity contribution in [3.05, 3.63) is 30.1 Å². The zero-order chi connectivity index (χ0) is 14.5. The topological polar surface area (TPSA) is 74.0 Å². The maximum atomic E-state index is 12.0. The van der Waals surface area contributed by atoms with Gasteiger partial charge in [-0.05, 0) is 24.6 Å². The fourth-order valence-corrected chi connectivity index (χ4v) is 2.59. The zero-order valence-electron chi connectivity index (χ0n) is 11.8. The minimum absolute atomic E-state index is 0.0580. The number of aromatic nitrogens is 2. The maximum absolute atomic E-state index is 12.0. The standard InChI is InChI=1S/C14H17N5O/c1-14(7-12(20)19(3)13(15)17-14)9-4-5-11-10(6-9)16-8-18(11)2/h4-6,8H,7H2,1-3H3,(H2,15,17). The molecule has 0 aliphatic carbocycles. The number of carbonyl (C=O) groups is 1. The van der Waals surface area contributed by atoms with Gasteiger partial charge in [-0.2, -0.15) is 0 Å². The predicted octanol–water partition coefficient (Wildman–Crippen LogP) is 1.17. The third-order valence-corrected chi connectivity index (χ3v) is 3.97. The van der Waals surface area contributed by atoms with Crippen LogP contribution in [0.3, 0.4) is 0 Å². The zero-order valence-corrected chi connectivity index (χ0v) is 11.8. The molecule has 104 valence electrons. The van der Waals surface area contributed by atoms with Gasteiger partial charge in [0.15, 0.2) is 5.96 Å². The fraction of sp³-hybridized carbons (Fsp3) is 0.357. The highest BCUT2D eigenvalue weighted by Crippen LogP contribution is 2.30. The Hall–Kier alpha value is -2.37. The van der Waals surface area contributed by atoms with Gasteiger partial charge in [0.25, 0.3) is 0 Å². The number of hydrogen-bond acceptors (Lipinski definition) is 3. The summed E-state index contributed by atoms with van der Waals surface area (Å²) in [5.41, 5.74) is 2.35. The second-order valence-corrected chi connectivity index (χ2v) is 5.49. The van der Waals surface area contributed by atoms with Crippen LogP contribution in [-0.4, -0.2) is 33.4 Å². The van der Waals surface area contributed by atoms with Gasteiger partial charge in [0.05, 0.1) is 29.3 Å². The van der Waals surface area contributed by atoms with Crippen molar-refractivity contribution in [3.63, 3.8) is 0 Å². The van der Waals surface area contributed by atoms with Crippen LogP contribution in [0.25, 0.3) is 11.0 Å². The van der Waals surface area contributed by atoms with Crippen LogP contribution in [0, 0.1) is 5.41 Å². The lowest BCUT2D eigenvalue weighted by Crippen LogP contribution is -2.58. The molecule has 1 aromatic heterocycles. The molecule has 1 unspecified atom stereocenters. The van der Waals surface area contributed by atoms with Crippen LogP contribution >= 0.6 is 0 Å². The Bertz CT molecular complexity index is 699. The van der Waals surface area contributed by atoms with Crippen molar-refractivity contribution < 1.29 is 4.79 Å². The Balaban J connectivity index is 2.05. The fourth-order valence-electron chi connectivity index (χ4n) is 2.59. The minimum atomic E-state index is -0.563. The van der Waals surface area contributed by atoms with Gasteiger partial charge in [0, 0.05) is 14.1 Å². The van der Waals surface area contributed by atoms with Crippen LogP contribution in [0.4, 0.5) is 0 Å². The number of rotatable bonds is 1. The third kappa shape index (κ3) is 1.76. The first-order valence-electron chi connectivity index (χ1n) is 6.45. The molecule has 20 heavy (non-hydrogen) atoms. The summed E-state index contributed by atoms with van der Waals surface area (Å²) in [4.78, 5) is 17.7. The number of nitrogens with zero attached hydrogens (tertiary/aromatic N) is 3. The number of nitrogens with one attached hydrogen (secondary N) is 2. The van der Waals surface area contributed by atoms with Gasteiger partial charge in [0.1, 0.15) is 0 Å². The number of fused-ring (bicyclic) bond motifs is 1. The van der Waals surface area contributed by atoms with Crippen molar-refractivity contribution in [3.8, 4) is 0 Å². The molecule has 0 bridgehead atoms. The van der Waals surface area contributed by atoms with E-state index < -0.39 is 5.54 Å². The van der Waals surface area contributed by atoms with Crippen LogP contribution in [0.5, 0.6) is 0 Å². The smallest absolute Gasteiger partial charge is 0.231 e. The van der Waals surface area contributed by atoms with Gasteiger partial charge < -0.3 is 9.88 Å². The van der Waals surface area contributed by atoms with Crippen molar-refractivity contribution in [2.75, 3.05) is 7.05 Å². The van der Waals surface area contributed by atoms with Gasteiger partial charge in [-0.25, -0.2) is 4.98 Å². The summed E-state index contributed by atoms with van der Waals surface area (Å²) in [5, 5.41) is 11.0. The highest BCUT2D eigenvalue weighted by molar-refractivity contribution is 5.99. The normalized spacial score (nSPS) is 23.2. The van der Waals surface area contributed by atoms with E-state index >= 15 is 0 Å². The molecule has 2 aromatic rings. The van der Waals surface area contributed by atoms with Crippen LogP contribution in [0.15, 0.2) is 24.5 Å². The third-order valence-electron chi connectivity index (χ3n) is 3.97. The molecule has 2 heterocycles. The van der Waals surface area contributed by atoms with E-state index in [1.54, 1.807) is 13.4 Å². The van der Waals surface area contributed by atoms with E-state index in [1.165, 1.54) is 4.90 Å². The quantitative estimate of drug-likeness (QED) is 0.817. The minimum Gasteiger partial charge on any atom is -0.346 e. The summed E-state index contributed by atoms with van der Waals surface area (Å²) < 4.78 is 1.96. The van der Waals surface area contributed by atoms with Gasteiger partial charge in [-0.3, -0.25) is 15.1 Å². The number of benzene rings is 1. The van der Waals surface area contributed by atoms with E-state index in [2.05, 4.69) is 10.3 Å². The number of aryl methyl sites for hydroxylation is 1. The first kappa shape index (κ1) is 12.7. The maximum Gasteiger partial charge on any atom is 0.231 e. The molecule has 1 aliphatic rings. The highest BCUT2D eigenvalue weighted by atomic mass is 16.2. The van der Waals surface area contributed by atoms with Crippen molar-refractivity contribution in [1.82, 2.24) is 19.8 Å². The molecule has 0 saturated carbocycles. The number of imidazole rings is 1. The number of carbonyl (C=O) groups excluding carboxylic acids is 1. The van der Waals surface area contributed by atoms with E-state index in [9.17, 15) is 4.79 Å². The van der Waals surface area contributed by atoms with Gasteiger partial charge in [-0.15, -0.1) is 0 Å². The largest absolute Gasteiger partial charge is 0.346 e. The first-order chi connectivity index (χ1) is 9.40. The van der Waals surface area contributed by atoms with Crippen LogP contribution in [0.1, 0.15) is 18.9 Å². The van der Waals surface area contributed by atoms with Crippen molar-refractivity contribution in [2.45, 2.75) is 18.9 Å². The lowest BCUT2D eigenvalue weighted by atomic mass is 9.86. The average molecular weight is 271 g/mol. The molecule has 1 saturated heterocycles. The van der Waals surface area contributed by atoms with E-state index in [0.29, 0.717) is 6.42 Å². The molecule has 1 amide bonds. The molecule has 6 nitrogen and oxygen atoms in total. The van der Waals surface area contributed by atoms with Gasteiger partial charge in [0.2, 0.25) is 5.91 Å². The molecule has 1 fully saturated rings. The summed E-state index contributed by atoms with van der Waals surface area (Å²) in [6.45, 7) is 1.94. The van der Waals surface area contributed by atoms with Gasteiger partial charge >= 0.3 is 0 Å².